The van der Waals surface area contributed by atoms with Crippen LogP contribution in [0.3, 0.4) is 0 Å². The molecule has 0 unspecified atom stereocenters. The largest absolute Gasteiger partial charge is 0.362 e. The monoisotopic (exact) mass is 488 g/mol. The molecule has 30 heavy (non-hydrogen) atoms. The highest BCUT2D eigenvalue weighted by Gasteiger charge is 2.17. The summed E-state index contributed by atoms with van der Waals surface area (Å²) in [5.74, 6) is 3.67. The first-order valence-electron chi connectivity index (χ1n) is 10.8. The molecule has 1 saturated carbocycles. The fourth-order valence-electron chi connectivity index (χ4n) is 3.89. The smallest absolute Gasteiger partial charge is 0.139 e. The van der Waals surface area contributed by atoms with Crippen molar-refractivity contribution >= 4 is 44.0 Å². The van der Waals surface area contributed by atoms with E-state index >= 15 is 0 Å². The lowest BCUT2D eigenvalue weighted by molar-refractivity contribution is 0.281. The normalized spacial score (nSPS) is 18.7. The highest BCUT2D eigenvalue weighted by molar-refractivity contribution is 9.11. The van der Waals surface area contributed by atoms with Crippen LogP contribution in [-0.2, 0) is 6.54 Å². The first-order chi connectivity index (χ1) is 14.4. The molecule has 4 nitrogen and oxygen atoms in total. The van der Waals surface area contributed by atoms with E-state index in [1.54, 1.807) is 0 Å². The van der Waals surface area contributed by atoms with Crippen LogP contribution in [0, 0.1) is 18.8 Å². The van der Waals surface area contributed by atoms with E-state index in [1.807, 2.05) is 61.5 Å². The zero-order chi connectivity index (χ0) is 21.5. The fraction of sp³-hybridized carbons (Fsp3) is 0.500. The Labute approximate surface area is 193 Å². The molecule has 1 N–H and O–H groups in total. The Bertz CT molecular complexity index is 932. The lowest BCUT2D eigenvalue weighted by atomic mass is 9.83. The van der Waals surface area contributed by atoms with Gasteiger partial charge in [-0.2, -0.15) is 0 Å². The van der Waals surface area contributed by atoms with Crippen LogP contribution < -0.4 is 10.2 Å². The summed E-state index contributed by atoms with van der Waals surface area (Å²) >= 11 is 5.33. The molecule has 0 spiro atoms. The number of para-hydroxylation sites is 1. The zero-order valence-corrected chi connectivity index (χ0v) is 20.9. The number of halogens is 1. The number of hydrogen-bond acceptors (Lipinski definition) is 5. The molecular formula is C24H33BrN4S. The third-order valence-electron chi connectivity index (χ3n) is 5.62. The number of fused-ring (bicyclic) bond motifs is 1. The number of anilines is 1. The molecule has 0 bridgehead atoms. The van der Waals surface area contributed by atoms with Gasteiger partial charge < -0.3 is 10.2 Å². The Kier molecular flexibility index (Phi) is 8.66. The van der Waals surface area contributed by atoms with E-state index in [9.17, 15) is 0 Å². The first-order valence-corrected chi connectivity index (χ1v) is 12.4. The average molecular weight is 490 g/mol. The van der Waals surface area contributed by atoms with E-state index in [2.05, 4.69) is 50.3 Å². The van der Waals surface area contributed by atoms with E-state index in [-0.39, 0.29) is 0 Å². The maximum Gasteiger partial charge on any atom is 0.139 e. The highest BCUT2D eigenvalue weighted by Crippen LogP contribution is 2.28. The van der Waals surface area contributed by atoms with Crippen LogP contribution in [0.1, 0.15) is 43.3 Å². The van der Waals surface area contributed by atoms with Crippen molar-refractivity contribution in [2.75, 3.05) is 25.5 Å². The van der Waals surface area contributed by atoms with Crippen molar-refractivity contribution in [1.29, 1.82) is 0 Å². The van der Waals surface area contributed by atoms with Crippen LogP contribution in [0.15, 0.2) is 40.2 Å². The van der Waals surface area contributed by atoms with Crippen molar-refractivity contribution in [3.05, 3.63) is 50.9 Å². The van der Waals surface area contributed by atoms with E-state index in [0.717, 1.165) is 40.9 Å². The highest BCUT2D eigenvalue weighted by atomic mass is 79.9. The molecule has 1 aromatic carbocycles. The number of benzene rings is 1. The van der Waals surface area contributed by atoms with Crippen molar-refractivity contribution in [3.8, 4) is 0 Å². The summed E-state index contributed by atoms with van der Waals surface area (Å²) in [4.78, 5) is 12.2. The number of aromatic nitrogens is 2. The van der Waals surface area contributed by atoms with E-state index in [4.69, 9.17) is 0 Å². The Morgan fingerprint density at radius 1 is 1.07 bits per heavy atom. The van der Waals surface area contributed by atoms with Crippen molar-refractivity contribution in [1.82, 2.24) is 15.3 Å². The summed E-state index contributed by atoms with van der Waals surface area (Å²) in [6, 6.07) is 12.4. The number of rotatable bonds is 5. The van der Waals surface area contributed by atoms with Gasteiger partial charge in [0.15, 0.2) is 0 Å². The average Bonchev–Trinajstić information content (AvgIpc) is 3.14. The van der Waals surface area contributed by atoms with E-state index in [1.165, 1.54) is 40.9 Å². The third-order valence-corrected chi connectivity index (χ3v) is 7.24. The molecule has 4 rings (SSSR count). The van der Waals surface area contributed by atoms with Gasteiger partial charge in [-0.05, 0) is 78.3 Å². The summed E-state index contributed by atoms with van der Waals surface area (Å²) in [5, 5.41) is 4.69. The summed E-state index contributed by atoms with van der Waals surface area (Å²) in [7, 11) is 3.99. The van der Waals surface area contributed by atoms with Gasteiger partial charge in [-0.25, -0.2) is 9.97 Å². The second-order valence-electron chi connectivity index (χ2n) is 8.47. The maximum absolute atomic E-state index is 4.42. The third kappa shape index (κ3) is 6.76. The number of nitrogens with zero attached hydrogens (tertiary/aromatic N) is 3. The summed E-state index contributed by atoms with van der Waals surface area (Å²) < 4.78 is 1.23. The van der Waals surface area contributed by atoms with Crippen LogP contribution in [0.25, 0.3) is 10.9 Å². The standard InChI is InChI=1S/C13H20BrNS.C11H13N3/c1-10-2-4-11(5-3-10)8-15-9-12-6-7-13(14)16-12;1-8-12-10-7-5-4-6-9(10)11(13-8)14(2)3/h6-7,10-11,15H,2-5,8-9H2,1H3;4-7H,1-3H3. The molecule has 1 aliphatic carbocycles. The molecule has 1 fully saturated rings. The van der Waals surface area contributed by atoms with Crippen molar-refractivity contribution in [3.63, 3.8) is 0 Å². The zero-order valence-electron chi connectivity index (χ0n) is 18.5. The van der Waals surface area contributed by atoms with Crippen molar-refractivity contribution < 1.29 is 0 Å². The molecule has 162 valence electrons. The molecule has 6 heteroatoms. The minimum absolute atomic E-state index is 0.812. The van der Waals surface area contributed by atoms with Gasteiger partial charge in [-0.15, -0.1) is 11.3 Å². The van der Waals surface area contributed by atoms with Crippen molar-refractivity contribution in [2.24, 2.45) is 11.8 Å². The van der Waals surface area contributed by atoms with Gasteiger partial charge in [0.2, 0.25) is 0 Å². The lowest BCUT2D eigenvalue weighted by Gasteiger charge is -2.26. The topological polar surface area (TPSA) is 41.1 Å². The van der Waals surface area contributed by atoms with Gasteiger partial charge >= 0.3 is 0 Å². The van der Waals surface area contributed by atoms with Crippen LogP contribution in [0.4, 0.5) is 5.82 Å². The number of thiophene rings is 1. The number of nitrogens with one attached hydrogen (secondary N) is 1. The maximum atomic E-state index is 4.42. The molecule has 2 heterocycles. The second-order valence-corrected chi connectivity index (χ2v) is 11.0. The van der Waals surface area contributed by atoms with E-state index < -0.39 is 0 Å². The first kappa shape index (κ1) is 23.2. The van der Waals surface area contributed by atoms with Gasteiger partial charge in [0, 0.05) is 30.9 Å². The Hall–Kier alpha value is -1.50. The molecule has 3 aromatic rings. The SMILES string of the molecule is CC1CCC(CNCc2ccc(Br)s2)CC1.Cc1nc(N(C)C)c2ccccc2n1. The van der Waals surface area contributed by atoms with E-state index in [0.29, 0.717) is 0 Å². The Balaban J connectivity index is 0.000000172. The van der Waals surface area contributed by atoms with Gasteiger partial charge in [0.1, 0.15) is 11.6 Å². The van der Waals surface area contributed by atoms with Crippen molar-refractivity contribution in [2.45, 2.75) is 46.1 Å². The Morgan fingerprint density at radius 2 is 1.80 bits per heavy atom. The molecule has 2 aromatic heterocycles. The number of hydrogen-bond donors (Lipinski definition) is 1. The van der Waals surface area contributed by atoms with Crippen LogP contribution >= 0.6 is 27.3 Å². The fourth-order valence-corrected chi connectivity index (χ4v) is 5.35. The van der Waals surface area contributed by atoms with Gasteiger partial charge in [0.05, 0.1) is 9.30 Å². The molecule has 0 radical (unpaired) electrons. The molecule has 0 atom stereocenters. The predicted molar refractivity (Wildman–Crippen MR) is 133 cm³/mol. The molecule has 0 saturated heterocycles. The minimum atomic E-state index is 0.812. The predicted octanol–water partition coefficient (Wildman–Crippen LogP) is 6.43. The number of aryl methyl sites for hydroxylation is 1. The lowest BCUT2D eigenvalue weighted by Crippen LogP contribution is -2.25. The van der Waals surface area contributed by atoms with Crippen LogP contribution in [0.5, 0.6) is 0 Å². The molecular weight excluding hydrogens is 456 g/mol. The second kappa shape index (κ2) is 11.2. The minimum Gasteiger partial charge on any atom is -0.362 e. The van der Waals surface area contributed by atoms with Gasteiger partial charge in [-0.3, -0.25) is 0 Å². The summed E-state index contributed by atoms with van der Waals surface area (Å²) in [6.07, 6.45) is 5.69. The van der Waals surface area contributed by atoms with Crippen LogP contribution in [-0.4, -0.2) is 30.6 Å². The van der Waals surface area contributed by atoms with Crippen LogP contribution in [0.2, 0.25) is 0 Å². The molecule has 1 aliphatic rings. The van der Waals surface area contributed by atoms with Gasteiger partial charge in [0.25, 0.3) is 0 Å². The Morgan fingerprint density at radius 3 is 2.47 bits per heavy atom. The molecule has 0 amide bonds. The molecule has 0 aliphatic heterocycles. The summed E-state index contributed by atoms with van der Waals surface area (Å²) in [6.45, 7) is 6.52. The van der Waals surface area contributed by atoms with Gasteiger partial charge in [-0.1, -0.05) is 31.9 Å². The quantitative estimate of drug-likeness (QED) is 0.448. The summed E-state index contributed by atoms with van der Waals surface area (Å²) in [5.41, 5.74) is 1.00.